The standard InChI is InChI=1S/C22H17ClN2O3S/c1-2-13-4-3-5-17-15(11-24-20(13)17)10-19-21(27)25(22(28)29-19)12-18(26)14-6-8-16(23)9-7-14/h3-11,27H,2,12H2,1H3. The van der Waals surface area contributed by atoms with Crippen molar-refractivity contribution in [2.75, 3.05) is 0 Å². The summed E-state index contributed by atoms with van der Waals surface area (Å²) in [7, 11) is 0. The zero-order chi connectivity index (χ0) is 20.5. The summed E-state index contributed by atoms with van der Waals surface area (Å²) in [5.41, 5.74) is 4.28. The van der Waals surface area contributed by atoms with E-state index in [-0.39, 0.29) is 18.2 Å². The molecule has 146 valence electrons. The van der Waals surface area contributed by atoms with Gasteiger partial charge in [-0.25, -0.2) is 0 Å². The quantitative estimate of drug-likeness (QED) is 0.587. The highest BCUT2D eigenvalue weighted by molar-refractivity contribution is 7.10. The van der Waals surface area contributed by atoms with E-state index in [1.807, 2.05) is 18.2 Å². The SMILES string of the molecule is CCc1cccc2c1N=CC2=Cc1sc(=O)n(CC(=O)c2ccc(Cl)cc2)c1O. The number of hydrogen-bond donors (Lipinski definition) is 1. The van der Waals surface area contributed by atoms with E-state index >= 15 is 0 Å². The van der Waals surface area contributed by atoms with E-state index in [4.69, 9.17) is 11.6 Å². The number of ketones is 1. The Kier molecular flexibility index (Phi) is 5.22. The first kappa shape index (κ1) is 19.4. The van der Waals surface area contributed by atoms with Gasteiger partial charge in [-0.1, -0.05) is 48.1 Å². The first-order valence-electron chi connectivity index (χ1n) is 9.07. The number of carbonyl (C=O) groups is 1. The molecule has 2 heterocycles. The maximum atomic E-state index is 12.5. The summed E-state index contributed by atoms with van der Waals surface area (Å²) in [6.07, 6.45) is 4.34. The van der Waals surface area contributed by atoms with Gasteiger partial charge in [-0.2, -0.15) is 0 Å². The normalized spacial score (nSPS) is 13.8. The number of para-hydroxylation sites is 1. The Labute approximate surface area is 176 Å². The van der Waals surface area contributed by atoms with Crippen molar-refractivity contribution >= 4 is 52.3 Å². The van der Waals surface area contributed by atoms with Crippen LogP contribution in [0.4, 0.5) is 5.69 Å². The molecule has 1 aliphatic rings. The molecule has 1 aromatic heterocycles. The Hall–Kier alpha value is -2.96. The first-order chi connectivity index (χ1) is 14.0. The number of fused-ring (bicyclic) bond motifs is 1. The minimum Gasteiger partial charge on any atom is -0.493 e. The Morgan fingerprint density at radius 2 is 2.00 bits per heavy atom. The maximum Gasteiger partial charge on any atom is 0.311 e. The lowest BCUT2D eigenvalue weighted by Crippen LogP contribution is -2.18. The number of hydrogen-bond acceptors (Lipinski definition) is 5. The van der Waals surface area contributed by atoms with Crippen LogP contribution in [-0.4, -0.2) is 21.7 Å². The molecule has 2 aromatic carbocycles. The second-order valence-corrected chi connectivity index (χ2v) is 8.03. The molecular weight excluding hydrogens is 408 g/mol. The lowest BCUT2D eigenvalue weighted by atomic mass is 10.0. The van der Waals surface area contributed by atoms with Crippen molar-refractivity contribution in [1.29, 1.82) is 0 Å². The summed E-state index contributed by atoms with van der Waals surface area (Å²) in [6, 6.07) is 12.4. The highest BCUT2D eigenvalue weighted by atomic mass is 35.5. The van der Waals surface area contributed by atoms with Crippen LogP contribution in [0.3, 0.4) is 0 Å². The second kappa shape index (κ2) is 7.81. The van der Waals surface area contributed by atoms with Gasteiger partial charge in [0, 0.05) is 27.9 Å². The molecule has 0 fully saturated rings. The molecular formula is C22H17ClN2O3S. The fraction of sp³-hybridized carbons (Fsp3) is 0.136. The number of aliphatic imine (C=N–C) groups is 1. The number of nitrogens with zero attached hydrogens (tertiary/aromatic N) is 2. The third-order valence-electron chi connectivity index (χ3n) is 4.79. The number of halogens is 1. The fourth-order valence-electron chi connectivity index (χ4n) is 3.24. The van der Waals surface area contributed by atoms with Crippen LogP contribution < -0.4 is 4.87 Å². The third-order valence-corrected chi connectivity index (χ3v) is 5.96. The van der Waals surface area contributed by atoms with Gasteiger partial charge in [-0.15, -0.1) is 0 Å². The van der Waals surface area contributed by atoms with Crippen molar-refractivity contribution in [3.8, 4) is 5.88 Å². The van der Waals surface area contributed by atoms with Crippen molar-refractivity contribution in [3.05, 3.63) is 78.7 Å². The van der Waals surface area contributed by atoms with Gasteiger partial charge in [0.1, 0.15) is 0 Å². The van der Waals surface area contributed by atoms with Crippen LogP contribution in [0.1, 0.15) is 33.3 Å². The monoisotopic (exact) mass is 424 g/mol. The molecule has 0 spiro atoms. The van der Waals surface area contributed by atoms with Crippen molar-refractivity contribution in [2.24, 2.45) is 4.99 Å². The lowest BCUT2D eigenvalue weighted by Gasteiger charge is -2.05. The van der Waals surface area contributed by atoms with Gasteiger partial charge in [-0.3, -0.25) is 19.1 Å². The number of allylic oxidation sites excluding steroid dienone is 1. The van der Waals surface area contributed by atoms with Crippen molar-refractivity contribution in [2.45, 2.75) is 19.9 Å². The molecule has 0 radical (unpaired) electrons. The second-order valence-electron chi connectivity index (χ2n) is 6.60. The highest BCUT2D eigenvalue weighted by Gasteiger charge is 2.19. The predicted molar refractivity (Wildman–Crippen MR) is 118 cm³/mol. The van der Waals surface area contributed by atoms with E-state index in [1.165, 1.54) is 0 Å². The Balaban J connectivity index is 1.65. The number of Topliss-reactive ketones (excluding diaryl/α,β-unsaturated/α-hetero) is 1. The molecule has 4 rings (SSSR count). The molecule has 1 N–H and O–H groups in total. The summed E-state index contributed by atoms with van der Waals surface area (Å²) >= 11 is 6.74. The molecule has 0 bridgehead atoms. The van der Waals surface area contributed by atoms with Gasteiger partial charge < -0.3 is 5.11 Å². The smallest absolute Gasteiger partial charge is 0.311 e. The Morgan fingerprint density at radius 3 is 2.72 bits per heavy atom. The summed E-state index contributed by atoms with van der Waals surface area (Å²) in [5, 5.41) is 11.1. The molecule has 5 nitrogen and oxygen atoms in total. The number of aryl methyl sites for hydroxylation is 1. The molecule has 0 amide bonds. The van der Waals surface area contributed by atoms with Crippen molar-refractivity contribution in [1.82, 2.24) is 4.57 Å². The molecule has 29 heavy (non-hydrogen) atoms. The molecule has 0 saturated heterocycles. The minimum absolute atomic E-state index is 0.219. The van der Waals surface area contributed by atoms with Gasteiger partial charge in [0.15, 0.2) is 5.78 Å². The molecule has 0 saturated carbocycles. The number of rotatable bonds is 5. The van der Waals surface area contributed by atoms with Crippen LogP contribution in [0, 0.1) is 0 Å². The van der Waals surface area contributed by atoms with E-state index in [0.717, 1.165) is 44.7 Å². The van der Waals surface area contributed by atoms with Crippen LogP contribution in [0.5, 0.6) is 5.88 Å². The van der Waals surface area contributed by atoms with Gasteiger partial charge in [0.25, 0.3) is 0 Å². The van der Waals surface area contributed by atoms with E-state index in [2.05, 4.69) is 11.9 Å². The molecule has 0 unspecified atom stereocenters. The molecule has 0 aliphatic carbocycles. The fourth-order valence-corrected chi connectivity index (χ4v) is 4.20. The summed E-state index contributed by atoms with van der Waals surface area (Å²) in [4.78, 5) is 29.3. The molecule has 7 heteroatoms. The Bertz CT molecular complexity index is 1220. The lowest BCUT2D eigenvalue weighted by molar-refractivity contribution is 0.0968. The molecule has 1 aliphatic heterocycles. The number of benzene rings is 2. The number of aromatic hydroxyl groups is 1. The van der Waals surface area contributed by atoms with E-state index in [9.17, 15) is 14.7 Å². The van der Waals surface area contributed by atoms with Gasteiger partial charge >= 0.3 is 4.87 Å². The van der Waals surface area contributed by atoms with Crippen molar-refractivity contribution in [3.63, 3.8) is 0 Å². The van der Waals surface area contributed by atoms with Crippen LogP contribution in [0.25, 0.3) is 11.6 Å². The molecule has 0 atom stereocenters. The van der Waals surface area contributed by atoms with Crippen molar-refractivity contribution < 1.29 is 9.90 Å². The number of thiazole rings is 1. The topological polar surface area (TPSA) is 71.7 Å². The zero-order valence-electron chi connectivity index (χ0n) is 15.6. The number of aromatic nitrogens is 1. The van der Waals surface area contributed by atoms with Crippen LogP contribution in [0.15, 0.2) is 52.3 Å². The average Bonchev–Trinajstić information content (AvgIpc) is 3.24. The van der Waals surface area contributed by atoms with Crippen LogP contribution in [-0.2, 0) is 13.0 Å². The van der Waals surface area contributed by atoms with Crippen LogP contribution in [0.2, 0.25) is 5.02 Å². The average molecular weight is 425 g/mol. The number of carbonyl (C=O) groups excluding carboxylic acids is 1. The summed E-state index contributed by atoms with van der Waals surface area (Å²) in [5.74, 6) is -0.500. The van der Waals surface area contributed by atoms with Crippen LogP contribution >= 0.6 is 22.9 Å². The maximum absolute atomic E-state index is 12.5. The summed E-state index contributed by atoms with van der Waals surface area (Å²) in [6.45, 7) is 1.83. The highest BCUT2D eigenvalue weighted by Crippen LogP contribution is 2.37. The summed E-state index contributed by atoms with van der Waals surface area (Å²) < 4.78 is 1.09. The third kappa shape index (κ3) is 3.69. The molecule has 3 aromatic rings. The van der Waals surface area contributed by atoms with Gasteiger partial charge in [0.2, 0.25) is 5.88 Å². The van der Waals surface area contributed by atoms with E-state index in [1.54, 1.807) is 36.6 Å². The minimum atomic E-state index is -0.394. The first-order valence-corrected chi connectivity index (χ1v) is 10.3. The van der Waals surface area contributed by atoms with Gasteiger partial charge in [0.05, 0.1) is 17.1 Å². The zero-order valence-corrected chi connectivity index (χ0v) is 17.1. The largest absolute Gasteiger partial charge is 0.493 e. The van der Waals surface area contributed by atoms with E-state index in [0.29, 0.717) is 15.5 Å². The Morgan fingerprint density at radius 1 is 1.24 bits per heavy atom. The van der Waals surface area contributed by atoms with E-state index < -0.39 is 4.87 Å². The van der Waals surface area contributed by atoms with Gasteiger partial charge in [-0.05, 0) is 42.3 Å². The predicted octanol–water partition coefficient (Wildman–Crippen LogP) is 4.97.